The van der Waals surface area contributed by atoms with Gasteiger partial charge in [0.25, 0.3) is 5.91 Å². The van der Waals surface area contributed by atoms with Crippen LogP contribution in [0.15, 0.2) is 54.6 Å². The number of aliphatic hydroxyl groups excluding tert-OH is 1. The Morgan fingerprint density at radius 1 is 0.969 bits per heavy atom. The summed E-state index contributed by atoms with van der Waals surface area (Å²) in [5, 5.41) is 12.2. The number of nitrogens with zero attached hydrogens (tertiary/aromatic N) is 3. The highest BCUT2D eigenvalue weighted by molar-refractivity contribution is 5.94. The molecule has 2 aliphatic heterocycles. The Bertz CT molecular complexity index is 842. The van der Waals surface area contributed by atoms with Gasteiger partial charge in [-0.05, 0) is 49.6 Å². The van der Waals surface area contributed by atoms with Gasteiger partial charge >= 0.3 is 0 Å². The summed E-state index contributed by atoms with van der Waals surface area (Å²) in [5.74, 6) is -0.0352. The number of amides is 1. The van der Waals surface area contributed by atoms with E-state index in [1.54, 1.807) is 0 Å². The van der Waals surface area contributed by atoms with Crippen molar-refractivity contribution in [3.8, 4) is 0 Å². The van der Waals surface area contributed by atoms with Gasteiger partial charge in [0, 0.05) is 63.1 Å². The summed E-state index contributed by atoms with van der Waals surface area (Å²) in [6.07, 6.45) is 2.35. The van der Waals surface area contributed by atoms with Crippen molar-refractivity contribution in [3.05, 3.63) is 65.7 Å². The molecule has 0 aliphatic carbocycles. The Kier molecular flexibility index (Phi) is 7.79. The van der Waals surface area contributed by atoms with Gasteiger partial charge in [-0.2, -0.15) is 0 Å². The molecule has 0 radical (unpaired) electrons. The Balaban J connectivity index is 1.25. The fourth-order valence-corrected chi connectivity index (χ4v) is 4.91. The Morgan fingerprint density at radius 3 is 2.25 bits per heavy atom. The first-order chi connectivity index (χ1) is 15.6. The number of carbonyl (C=O) groups excluding carboxylic acids is 1. The highest BCUT2D eigenvalue weighted by atomic mass is 16.3. The Hall–Kier alpha value is -2.41. The Labute approximate surface area is 191 Å². The third-order valence-electron chi connectivity index (χ3n) is 6.95. The van der Waals surface area contributed by atoms with Crippen molar-refractivity contribution >= 4 is 11.6 Å². The predicted octanol–water partition coefficient (Wildman–Crippen LogP) is 2.76. The van der Waals surface area contributed by atoms with Crippen LogP contribution in [-0.4, -0.2) is 79.3 Å². The molecule has 0 bridgehead atoms. The van der Waals surface area contributed by atoms with Crippen molar-refractivity contribution in [2.24, 2.45) is 0 Å². The van der Waals surface area contributed by atoms with Crippen LogP contribution in [-0.2, 0) is 0 Å². The highest BCUT2D eigenvalue weighted by Gasteiger charge is 2.27. The topological polar surface area (TPSA) is 59.1 Å². The third kappa shape index (κ3) is 5.68. The molecule has 0 saturated carbocycles. The molecule has 2 fully saturated rings. The number of hydrogen-bond donors (Lipinski definition) is 2. The summed E-state index contributed by atoms with van der Waals surface area (Å²) >= 11 is 0. The maximum Gasteiger partial charge on any atom is 0.251 e. The van der Waals surface area contributed by atoms with E-state index in [9.17, 15) is 4.79 Å². The lowest BCUT2D eigenvalue weighted by Gasteiger charge is -2.43. The van der Waals surface area contributed by atoms with Crippen LogP contribution in [0.25, 0.3) is 0 Å². The molecule has 1 atom stereocenters. The van der Waals surface area contributed by atoms with Gasteiger partial charge in [0.2, 0.25) is 0 Å². The molecule has 1 unspecified atom stereocenters. The van der Waals surface area contributed by atoms with E-state index in [0.717, 1.165) is 51.4 Å². The minimum Gasteiger partial charge on any atom is -0.395 e. The molecule has 172 valence electrons. The molecule has 2 aromatic carbocycles. The second-order valence-corrected chi connectivity index (χ2v) is 8.97. The van der Waals surface area contributed by atoms with Crippen molar-refractivity contribution in [3.63, 3.8) is 0 Å². The summed E-state index contributed by atoms with van der Waals surface area (Å²) in [6.45, 7) is 9.51. The zero-order chi connectivity index (χ0) is 22.3. The first-order valence-corrected chi connectivity index (χ1v) is 11.9. The molecule has 2 aliphatic rings. The molecule has 0 spiro atoms. The smallest absolute Gasteiger partial charge is 0.251 e. The highest BCUT2D eigenvalue weighted by Crippen LogP contribution is 2.24. The van der Waals surface area contributed by atoms with E-state index in [0.29, 0.717) is 11.6 Å². The summed E-state index contributed by atoms with van der Waals surface area (Å²) in [4.78, 5) is 20.1. The number of anilines is 1. The summed E-state index contributed by atoms with van der Waals surface area (Å²) in [6, 6.07) is 18.7. The number of β-amino-alcohol motifs (C(OH)–C–C–N with tert-alkyl or cyclic N) is 1. The molecule has 2 heterocycles. The fraction of sp³-hybridized carbons (Fsp3) is 0.500. The van der Waals surface area contributed by atoms with Gasteiger partial charge in [0.05, 0.1) is 12.6 Å². The molecule has 4 rings (SSSR count). The standard InChI is InChI=1S/C26H36N4O2/c1-21(22-5-3-2-4-6-22)27-26(32)23-7-9-24(10-8-23)29-13-11-25(12-14-29)30-17-15-28(16-18-30)19-20-31/h2-10,21,25,31H,11-20H2,1H3,(H,27,32). The number of rotatable bonds is 7. The fourth-order valence-electron chi connectivity index (χ4n) is 4.91. The minimum absolute atomic E-state index is 0.0205. The van der Waals surface area contributed by atoms with Crippen LogP contribution >= 0.6 is 0 Å². The van der Waals surface area contributed by atoms with Crippen LogP contribution in [0.3, 0.4) is 0 Å². The summed E-state index contributed by atoms with van der Waals surface area (Å²) in [7, 11) is 0. The lowest BCUT2D eigenvalue weighted by atomic mass is 10.0. The summed E-state index contributed by atoms with van der Waals surface area (Å²) in [5.41, 5.74) is 3.01. The third-order valence-corrected chi connectivity index (χ3v) is 6.95. The van der Waals surface area contributed by atoms with Crippen LogP contribution in [0.2, 0.25) is 0 Å². The van der Waals surface area contributed by atoms with Crippen LogP contribution in [0.5, 0.6) is 0 Å². The molecular formula is C26H36N4O2. The van der Waals surface area contributed by atoms with Crippen LogP contribution in [0.4, 0.5) is 5.69 Å². The minimum atomic E-state index is -0.0352. The lowest BCUT2D eigenvalue weighted by molar-refractivity contribution is 0.0747. The molecule has 32 heavy (non-hydrogen) atoms. The van der Waals surface area contributed by atoms with Crippen molar-refractivity contribution < 1.29 is 9.90 Å². The van der Waals surface area contributed by atoms with E-state index in [4.69, 9.17) is 5.11 Å². The lowest BCUT2D eigenvalue weighted by Crippen LogP contribution is -2.53. The SMILES string of the molecule is CC(NC(=O)c1ccc(N2CCC(N3CCN(CCO)CC3)CC2)cc1)c1ccccc1. The molecule has 2 saturated heterocycles. The molecule has 6 nitrogen and oxygen atoms in total. The summed E-state index contributed by atoms with van der Waals surface area (Å²) < 4.78 is 0. The monoisotopic (exact) mass is 436 g/mol. The maximum absolute atomic E-state index is 12.7. The number of aliphatic hydroxyl groups is 1. The van der Waals surface area contributed by atoms with E-state index in [1.807, 2.05) is 49.4 Å². The maximum atomic E-state index is 12.7. The van der Waals surface area contributed by atoms with Gasteiger partial charge in [-0.25, -0.2) is 0 Å². The van der Waals surface area contributed by atoms with E-state index >= 15 is 0 Å². The van der Waals surface area contributed by atoms with E-state index in [2.05, 4.69) is 32.1 Å². The quantitative estimate of drug-likeness (QED) is 0.699. The Morgan fingerprint density at radius 2 is 1.62 bits per heavy atom. The predicted molar refractivity (Wildman–Crippen MR) is 129 cm³/mol. The van der Waals surface area contributed by atoms with E-state index in [-0.39, 0.29) is 18.6 Å². The van der Waals surface area contributed by atoms with Gasteiger partial charge < -0.3 is 15.3 Å². The van der Waals surface area contributed by atoms with Gasteiger partial charge in [-0.3, -0.25) is 14.6 Å². The largest absolute Gasteiger partial charge is 0.395 e. The number of piperazine rings is 1. The van der Waals surface area contributed by atoms with Crippen LogP contribution in [0.1, 0.15) is 41.7 Å². The average molecular weight is 437 g/mol. The average Bonchev–Trinajstić information content (AvgIpc) is 2.85. The van der Waals surface area contributed by atoms with Crippen LogP contribution < -0.4 is 10.2 Å². The number of piperidine rings is 1. The first kappa shape index (κ1) is 22.8. The number of benzene rings is 2. The zero-order valence-electron chi connectivity index (χ0n) is 19.1. The first-order valence-electron chi connectivity index (χ1n) is 11.9. The molecular weight excluding hydrogens is 400 g/mol. The van der Waals surface area contributed by atoms with Gasteiger partial charge in [0.15, 0.2) is 0 Å². The molecule has 2 aromatic rings. The zero-order valence-corrected chi connectivity index (χ0v) is 19.1. The van der Waals surface area contributed by atoms with Gasteiger partial charge in [-0.15, -0.1) is 0 Å². The number of carbonyl (C=O) groups is 1. The second kappa shape index (κ2) is 10.9. The van der Waals surface area contributed by atoms with E-state index < -0.39 is 0 Å². The second-order valence-electron chi connectivity index (χ2n) is 8.97. The van der Waals surface area contributed by atoms with Crippen LogP contribution in [0, 0.1) is 0 Å². The molecule has 6 heteroatoms. The van der Waals surface area contributed by atoms with Crippen molar-refractivity contribution in [2.45, 2.75) is 31.8 Å². The number of hydrogen-bond acceptors (Lipinski definition) is 5. The van der Waals surface area contributed by atoms with Crippen molar-refractivity contribution in [2.75, 3.05) is 57.3 Å². The number of nitrogens with one attached hydrogen (secondary N) is 1. The van der Waals surface area contributed by atoms with E-state index in [1.165, 1.54) is 18.5 Å². The molecule has 1 amide bonds. The molecule has 0 aromatic heterocycles. The van der Waals surface area contributed by atoms with Gasteiger partial charge in [-0.1, -0.05) is 30.3 Å². The normalized spacial score (nSPS) is 19.6. The molecule has 2 N–H and O–H groups in total. The van der Waals surface area contributed by atoms with Crippen molar-refractivity contribution in [1.82, 2.24) is 15.1 Å². The van der Waals surface area contributed by atoms with Gasteiger partial charge in [0.1, 0.15) is 0 Å². The van der Waals surface area contributed by atoms with Crippen molar-refractivity contribution in [1.29, 1.82) is 0 Å².